The summed E-state index contributed by atoms with van der Waals surface area (Å²) in [7, 11) is 1.58. The molecule has 1 aromatic carbocycles. The van der Waals surface area contributed by atoms with E-state index in [1.165, 1.54) is 0 Å². The Kier molecular flexibility index (Phi) is 6.69. The van der Waals surface area contributed by atoms with Crippen LogP contribution < -0.4 is 14.8 Å². The van der Waals surface area contributed by atoms with Gasteiger partial charge < -0.3 is 19.9 Å². The maximum absolute atomic E-state index is 11.8. The van der Waals surface area contributed by atoms with Crippen LogP contribution in [-0.4, -0.2) is 36.7 Å². The van der Waals surface area contributed by atoms with Gasteiger partial charge in [0.25, 0.3) is 5.91 Å². The van der Waals surface area contributed by atoms with Gasteiger partial charge in [0.15, 0.2) is 6.61 Å². The molecule has 0 saturated carbocycles. The van der Waals surface area contributed by atoms with Crippen molar-refractivity contribution in [3.05, 3.63) is 23.8 Å². The van der Waals surface area contributed by atoms with Crippen molar-refractivity contribution in [2.75, 3.05) is 13.7 Å². The molecule has 0 bridgehead atoms. The second-order valence-corrected chi connectivity index (χ2v) is 5.19. The van der Waals surface area contributed by atoms with E-state index in [4.69, 9.17) is 14.6 Å². The smallest absolute Gasteiger partial charge is 0.326 e. The zero-order valence-electron chi connectivity index (χ0n) is 13.4. The highest BCUT2D eigenvalue weighted by Crippen LogP contribution is 2.22. The number of ether oxygens (including phenoxy) is 2. The Morgan fingerprint density at radius 2 is 2.05 bits per heavy atom. The summed E-state index contributed by atoms with van der Waals surface area (Å²) >= 11 is 0. The standard InChI is InChI=1S/C16H23NO5/c1-5-10(2)15(16(19)20)17-14(18)9-22-12-6-7-13(21-4)11(3)8-12/h6-8,10,15H,5,9H2,1-4H3,(H,17,18)(H,19,20)/t10-,15-/m0/s1. The van der Waals surface area contributed by atoms with Gasteiger partial charge in [0.1, 0.15) is 17.5 Å². The van der Waals surface area contributed by atoms with Crippen molar-refractivity contribution in [1.29, 1.82) is 0 Å². The van der Waals surface area contributed by atoms with Crippen molar-refractivity contribution < 1.29 is 24.2 Å². The maximum Gasteiger partial charge on any atom is 0.326 e. The lowest BCUT2D eigenvalue weighted by molar-refractivity contribution is -0.143. The molecule has 22 heavy (non-hydrogen) atoms. The highest BCUT2D eigenvalue weighted by Gasteiger charge is 2.25. The minimum atomic E-state index is -1.04. The third-order valence-corrected chi connectivity index (χ3v) is 3.53. The molecule has 0 spiro atoms. The first-order chi connectivity index (χ1) is 10.4. The Hall–Kier alpha value is -2.24. The van der Waals surface area contributed by atoms with E-state index in [1.54, 1.807) is 32.2 Å². The lowest BCUT2D eigenvalue weighted by Gasteiger charge is -2.20. The van der Waals surface area contributed by atoms with Crippen LogP contribution in [0.25, 0.3) is 0 Å². The molecule has 0 heterocycles. The third-order valence-electron chi connectivity index (χ3n) is 3.53. The summed E-state index contributed by atoms with van der Waals surface area (Å²) in [5, 5.41) is 11.6. The van der Waals surface area contributed by atoms with E-state index in [9.17, 15) is 9.59 Å². The van der Waals surface area contributed by atoms with Crippen LogP contribution in [0.3, 0.4) is 0 Å². The van der Waals surface area contributed by atoms with Gasteiger partial charge in [-0.3, -0.25) is 4.79 Å². The normalized spacial score (nSPS) is 13.1. The SMILES string of the molecule is CC[C@H](C)[C@H](NC(=O)COc1ccc(OC)c(C)c1)C(=O)O. The second kappa shape index (κ2) is 8.26. The van der Waals surface area contributed by atoms with Crippen molar-refractivity contribution in [3.63, 3.8) is 0 Å². The number of carbonyl (C=O) groups excluding carboxylic acids is 1. The first-order valence-electron chi connectivity index (χ1n) is 7.18. The fourth-order valence-electron chi connectivity index (χ4n) is 1.99. The van der Waals surface area contributed by atoms with E-state index >= 15 is 0 Å². The lowest BCUT2D eigenvalue weighted by atomic mass is 9.99. The molecule has 6 heteroatoms. The monoisotopic (exact) mass is 309 g/mol. The molecule has 0 unspecified atom stereocenters. The number of benzene rings is 1. The van der Waals surface area contributed by atoms with Crippen LogP contribution in [0.15, 0.2) is 18.2 Å². The van der Waals surface area contributed by atoms with Crippen LogP contribution in [0.5, 0.6) is 11.5 Å². The fourth-order valence-corrected chi connectivity index (χ4v) is 1.99. The average Bonchev–Trinajstić information content (AvgIpc) is 2.49. The number of nitrogens with one attached hydrogen (secondary N) is 1. The van der Waals surface area contributed by atoms with Crippen LogP contribution in [0.1, 0.15) is 25.8 Å². The molecule has 1 aromatic rings. The van der Waals surface area contributed by atoms with Crippen molar-refractivity contribution in [2.45, 2.75) is 33.2 Å². The zero-order chi connectivity index (χ0) is 16.7. The van der Waals surface area contributed by atoms with Gasteiger partial charge in [-0.25, -0.2) is 4.79 Å². The van der Waals surface area contributed by atoms with E-state index in [2.05, 4.69) is 5.32 Å². The van der Waals surface area contributed by atoms with Crippen LogP contribution in [-0.2, 0) is 9.59 Å². The molecule has 1 amide bonds. The summed E-state index contributed by atoms with van der Waals surface area (Å²) < 4.78 is 10.5. The Labute approximate surface area is 130 Å². The first-order valence-corrected chi connectivity index (χ1v) is 7.18. The summed E-state index contributed by atoms with van der Waals surface area (Å²) in [4.78, 5) is 23.0. The van der Waals surface area contributed by atoms with Crippen LogP contribution >= 0.6 is 0 Å². The van der Waals surface area contributed by atoms with E-state index in [0.717, 1.165) is 11.3 Å². The number of hydrogen-bond donors (Lipinski definition) is 2. The zero-order valence-corrected chi connectivity index (χ0v) is 13.4. The molecule has 0 aromatic heterocycles. The summed E-state index contributed by atoms with van der Waals surface area (Å²) in [5.41, 5.74) is 0.892. The molecule has 2 N–H and O–H groups in total. The quantitative estimate of drug-likeness (QED) is 0.767. The van der Waals surface area contributed by atoms with Gasteiger partial charge in [-0.2, -0.15) is 0 Å². The number of aliphatic carboxylic acids is 1. The predicted octanol–water partition coefficient (Wildman–Crippen LogP) is 2.00. The molecule has 0 aliphatic rings. The highest BCUT2D eigenvalue weighted by molar-refractivity contribution is 5.84. The largest absolute Gasteiger partial charge is 0.496 e. The van der Waals surface area contributed by atoms with Crippen molar-refractivity contribution in [3.8, 4) is 11.5 Å². The van der Waals surface area contributed by atoms with Gasteiger partial charge in [-0.1, -0.05) is 20.3 Å². The summed E-state index contributed by atoms with van der Waals surface area (Å²) in [6, 6.07) is 4.30. The van der Waals surface area contributed by atoms with Gasteiger partial charge in [0, 0.05) is 0 Å². The van der Waals surface area contributed by atoms with Crippen LogP contribution in [0, 0.1) is 12.8 Å². The molecule has 6 nitrogen and oxygen atoms in total. The van der Waals surface area contributed by atoms with Crippen molar-refractivity contribution in [1.82, 2.24) is 5.32 Å². The van der Waals surface area contributed by atoms with Gasteiger partial charge in [0.2, 0.25) is 0 Å². The summed E-state index contributed by atoms with van der Waals surface area (Å²) in [6.07, 6.45) is 0.662. The van der Waals surface area contributed by atoms with Gasteiger partial charge in [-0.15, -0.1) is 0 Å². The fraction of sp³-hybridized carbons (Fsp3) is 0.500. The van der Waals surface area contributed by atoms with Crippen LogP contribution in [0.4, 0.5) is 0 Å². The number of carboxylic acid groups (broad SMARTS) is 1. The molecule has 0 aliphatic carbocycles. The third kappa shape index (κ3) is 4.95. The Balaban J connectivity index is 2.58. The second-order valence-electron chi connectivity index (χ2n) is 5.19. The number of rotatable bonds is 8. The number of hydrogen-bond acceptors (Lipinski definition) is 4. The molecular weight excluding hydrogens is 286 g/mol. The molecule has 1 rings (SSSR count). The van der Waals surface area contributed by atoms with E-state index in [0.29, 0.717) is 12.2 Å². The lowest BCUT2D eigenvalue weighted by Crippen LogP contribution is -2.46. The molecule has 2 atom stereocenters. The minimum Gasteiger partial charge on any atom is -0.496 e. The Bertz CT molecular complexity index is 529. The average molecular weight is 309 g/mol. The number of amides is 1. The van der Waals surface area contributed by atoms with E-state index in [1.807, 2.05) is 13.8 Å². The maximum atomic E-state index is 11.8. The Morgan fingerprint density at radius 3 is 2.55 bits per heavy atom. The van der Waals surface area contributed by atoms with E-state index < -0.39 is 17.9 Å². The molecule has 0 fully saturated rings. The highest BCUT2D eigenvalue weighted by atomic mass is 16.5. The number of methoxy groups -OCH3 is 1. The van der Waals surface area contributed by atoms with Gasteiger partial charge >= 0.3 is 5.97 Å². The van der Waals surface area contributed by atoms with Gasteiger partial charge in [0.05, 0.1) is 7.11 Å². The van der Waals surface area contributed by atoms with Crippen molar-refractivity contribution in [2.24, 2.45) is 5.92 Å². The van der Waals surface area contributed by atoms with E-state index in [-0.39, 0.29) is 12.5 Å². The molecule has 0 saturated heterocycles. The van der Waals surface area contributed by atoms with Crippen molar-refractivity contribution >= 4 is 11.9 Å². The number of carboxylic acids is 1. The topological polar surface area (TPSA) is 84.9 Å². The summed E-state index contributed by atoms with van der Waals surface area (Å²) in [5.74, 6) is -0.378. The van der Waals surface area contributed by atoms with Gasteiger partial charge in [-0.05, 0) is 36.6 Å². The summed E-state index contributed by atoms with van der Waals surface area (Å²) in [6.45, 7) is 5.30. The number of carbonyl (C=O) groups is 2. The minimum absolute atomic E-state index is 0.148. The predicted molar refractivity (Wildman–Crippen MR) is 82.2 cm³/mol. The molecule has 0 aliphatic heterocycles. The first kappa shape index (κ1) is 17.8. The number of aryl methyl sites for hydroxylation is 1. The molecule has 0 radical (unpaired) electrons. The molecular formula is C16H23NO5. The Morgan fingerprint density at radius 1 is 1.36 bits per heavy atom. The molecule has 122 valence electrons. The van der Waals surface area contributed by atoms with Crippen LogP contribution in [0.2, 0.25) is 0 Å².